The zero-order valence-corrected chi connectivity index (χ0v) is 13.0. The molecule has 2 aromatic carbocycles. The van der Waals surface area contributed by atoms with Gasteiger partial charge in [-0.15, -0.1) is 0 Å². The highest BCUT2D eigenvalue weighted by atomic mass is 16.6. The average molecular weight is 342 g/mol. The number of anilines is 1. The second-order valence-corrected chi connectivity index (χ2v) is 5.18. The molecule has 2 aromatic rings. The predicted molar refractivity (Wildman–Crippen MR) is 89.8 cm³/mol. The van der Waals surface area contributed by atoms with E-state index in [4.69, 9.17) is 9.47 Å². The van der Waals surface area contributed by atoms with Crippen molar-refractivity contribution in [1.82, 2.24) is 0 Å². The Balaban J connectivity index is 1.70. The summed E-state index contributed by atoms with van der Waals surface area (Å²) in [5.41, 5.74) is 0.683. The minimum absolute atomic E-state index is 0.0997. The van der Waals surface area contributed by atoms with Crippen molar-refractivity contribution >= 4 is 23.0 Å². The van der Waals surface area contributed by atoms with Gasteiger partial charge in [-0.1, -0.05) is 0 Å². The van der Waals surface area contributed by atoms with E-state index in [-0.39, 0.29) is 11.4 Å². The number of ether oxygens (including phenoxy) is 2. The van der Waals surface area contributed by atoms with E-state index in [1.54, 1.807) is 18.2 Å². The Morgan fingerprint density at radius 1 is 1.12 bits per heavy atom. The summed E-state index contributed by atoms with van der Waals surface area (Å²) in [6, 6.07) is 10.2. The first kappa shape index (κ1) is 16.3. The number of hydrogen-bond acceptors (Lipinski definition) is 6. The molecular weight excluding hydrogens is 328 g/mol. The van der Waals surface area contributed by atoms with Gasteiger partial charge in [-0.3, -0.25) is 14.9 Å². The number of amides is 1. The molecule has 0 aromatic heterocycles. The molecule has 25 heavy (non-hydrogen) atoms. The fourth-order valence-corrected chi connectivity index (χ4v) is 2.26. The Labute approximate surface area is 142 Å². The third kappa shape index (κ3) is 3.86. The Kier molecular flexibility index (Phi) is 4.51. The molecule has 0 fully saturated rings. The number of carbonyl (C=O) groups is 1. The molecule has 0 aliphatic carbocycles. The van der Waals surface area contributed by atoms with E-state index >= 15 is 0 Å². The first-order valence-electron chi connectivity index (χ1n) is 7.39. The summed E-state index contributed by atoms with van der Waals surface area (Å²) in [6.07, 6.45) is 0.998. The van der Waals surface area contributed by atoms with Crippen LogP contribution in [0.15, 0.2) is 48.5 Å². The van der Waals surface area contributed by atoms with Gasteiger partial charge in [0.2, 0.25) is 0 Å². The second-order valence-electron chi connectivity index (χ2n) is 5.18. The Morgan fingerprint density at radius 2 is 1.80 bits per heavy atom. The number of hydrogen-bond donors (Lipinski definition) is 2. The number of nitrogens with zero attached hydrogens (tertiary/aromatic N) is 1. The molecule has 0 spiro atoms. The van der Waals surface area contributed by atoms with Crippen LogP contribution in [0.3, 0.4) is 0 Å². The Hall–Kier alpha value is -3.55. The molecule has 0 bridgehead atoms. The van der Waals surface area contributed by atoms with Crippen LogP contribution in [0.1, 0.15) is 5.56 Å². The van der Waals surface area contributed by atoms with Crippen molar-refractivity contribution in [2.75, 3.05) is 18.5 Å². The van der Waals surface area contributed by atoms with E-state index in [9.17, 15) is 20.0 Å². The van der Waals surface area contributed by atoms with Crippen LogP contribution < -0.4 is 14.8 Å². The van der Waals surface area contributed by atoms with E-state index in [2.05, 4.69) is 5.32 Å². The van der Waals surface area contributed by atoms with Gasteiger partial charge in [0.15, 0.2) is 11.5 Å². The van der Waals surface area contributed by atoms with Crippen LogP contribution in [0.5, 0.6) is 11.5 Å². The van der Waals surface area contributed by atoms with Gasteiger partial charge in [0.05, 0.1) is 4.92 Å². The average Bonchev–Trinajstić information content (AvgIpc) is 2.61. The SMILES string of the molecule is O=C(/C=C(/O)c1ccc([N+](=O)[O-])cc1)Nc1ccc2c(c1)OCCO2. The zero-order valence-electron chi connectivity index (χ0n) is 13.0. The molecule has 1 heterocycles. The normalized spacial score (nSPS) is 13.2. The smallest absolute Gasteiger partial charge is 0.269 e. The summed E-state index contributed by atoms with van der Waals surface area (Å²) >= 11 is 0. The summed E-state index contributed by atoms with van der Waals surface area (Å²) in [6.45, 7) is 0.912. The molecule has 1 aliphatic heterocycles. The van der Waals surface area contributed by atoms with Gasteiger partial charge in [0, 0.05) is 35.5 Å². The van der Waals surface area contributed by atoms with Crippen molar-refractivity contribution in [3.63, 3.8) is 0 Å². The topological polar surface area (TPSA) is 111 Å². The number of non-ortho nitro benzene ring substituents is 1. The number of nitrogens with one attached hydrogen (secondary N) is 1. The van der Waals surface area contributed by atoms with E-state index in [1.165, 1.54) is 24.3 Å². The summed E-state index contributed by atoms with van der Waals surface area (Å²) in [5, 5.41) is 23.2. The maximum absolute atomic E-state index is 12.0. The number of carbonyl (C=O) groups excluding carboxylic acids is 1. The van der Waals surface area contributed by atoms with E-state index in [1.807, 2.05) is 0 Å². The van der Waals surface area contributed by atoms with Crippen molar-refractivity contribution in [1.29, 1.82) is 0 Å². The number of aliphatic hydroxyl groups excluding tert-OH is 1. The van der Waals surface area contributed by atoms with Gasteiger partial charge in [-0.2, -0.15) is 0 Å². The number of fused-ring (bicyclic) bond motifs is 1. The third-order valence-electron chi connectivity index (χ3n) is 3.45. The van der Waals surface area contributed by atoms with Crippen LogP contribution in [-0.2, 0) is 4.79 Å². The lowest BCUT2D eigenvalue weighted by Crippen LogP contribution is -2.16. The minimum atomic E-state index is -0.549. The Bertz CT molecular complexity index is 845. The largest absolute Gasteiger partial charge is 0.507 e. The van der Waals surface area contributed by atoms with Gasteiger partial charge in [0.1, 0.15) is 19.0 Å². The van der Waals surface area contributed by atoms with Gasteiger partial charge >= 0.3 is 0 Å². The highest BCUT2D eigenvalue weighted by Gasteiger charge is 2.13. The summed E-state index contributed by atoms with van der Waals surface area (Å²) in [7, 11) is 0. The summed E-state index contributed by atoms with van der Waals surface area (Å²) < 4.78 is 10.8. The van der Waals surface area contributed by atoms with Gasteiger partial charge in [-0.05, 0) is 24.3 Å². The van der Waals surface area contributed by atoms with Crippen LogP contribution in [-0.4, -0.2) is 29.2 Å². The molecule has 0 atom stereocenters. The minimum Gasteiger partial charge on any atom is -0.507 e. The summed E-state index contributed by atoms with van der Waals surface area (Å²) in [5.74, 6) is 0.290. The maximum Gasteiger partial charge on any atom is 0.269 e. The van der Waals surface area contributed by atoms with Crippen LogP contribution in [0.2, 0.25) is 0 Å². The molecular formula is C17H14N2O6. The lowest BCUT2D eigenvalue weighted by Gasteiger charge is -2.18. The van der Waals surface area contributed by atoms with Crippen molar-refractivity contribution < 1.29 is 24.3 Å². The van der Waals surface area contributed by atoms with Gasteiger partial charge < -0.3 is 19.9 Å². The van der Waals surface area contributed by atoms with Crippen molar-refractivity contribution in [3.05, 3.63) is 64.2 Å². The zero-order chi connectivity index (χ0) is 17.8. The van der Waals surface area contributed by atoms with Crippen LogP contribution in [0.4, 0.5) is 11.4 Å². The molecule has 0 saturated heterocycles. The standard InChI is InChI=1S/C17H14N2O6/c20-14(11-1-4-13(5-2-11)19(22)23)10-17(21)18-12-3-6-15-16(9-12)25-8-7-24-15/h1-6,9-10,20H,7-8H2,(H,18,21)/b14-10+. The molecule has 8 heteroatoms. The first-order valence-corrected chi connectivity index (χ1v) is 7.39. The number of nitro groups is 1. The molecule has 0 radical (unpaired) electrons. The van der Waals surface area contributed by atoms with Gasteiger partial charge in [0.25, 0.3) is 11.6 Å². The molecule has 0 saturated carbocycles. The molecule has 3 rings (SSSR count). The first-order chi connectivity index (χ1) is 12.0. The lowest BCUT2D eigenvalue weighted by atomic mass is 10.1. The maximum atomic E-state index is 12.0. The van der Waals surface area contributed by atoms with Crippen molar-refractivity contribution in [3.8, 4) is 11.5 Å². The fraction of sp³-hybridized carbons (Fsp3) is 0.118. The third-order valence-corrected chi connectivity index (χ3v) is 3.45. The molecule has 2 N–H and O–H groups in total. The summed E-state index contributed by atoms with van der Waals surface area (Å²) in [4.78, 5) is 22.1. The van der Waals surface area contributed by atoms with E-state index in [0.29, 0.717) is 36.0 Å². The number of benzene rings is 2. The quantitative estimate of drug-likeness (QED) is 0.382. The van der Waals surface area contributed by atoms with Crippen molar-refractivity contribution in [2.45, 2.75) is 0 Å². The highest BCUT2D eigenvalue weighted by Crippen LogP contribution is 2.32. The van der Waals surface area contributed by atoms with Crippen molar-refractivity contribution in [2.24, 2.45) is 0 Å². The van der Waals surface area contributed by atoms with Gasteiger partial charge in [-0.25, -0.2) is 0 Å². The van der Waals surface area contributed by atoms with Crippen LogP contribution >= 0.6 is 0 Å². The molecule has 1 amide bonds. The Morgan fingerprint density at radius 3 is 2.48 bits per heavy atom. The predicted octanol–water partition coefficient (Wildman–Crippen LogP) is 2.90. The second kappa shape index (κ2) is 6.91. The molecule has 8 nitrogen and oxygen atoms in total. The van der Waals surface area contributed by atoms with Crippen LogP contribution in [0.25, 0.3) is 5.76 Å². The lowest BCUT2D eigenvalue weighted by molar-refractivity contribution is -0.384. The van der Waals surface area contributed by atoms with E-state index in [0.717, 1.165) is 6.08 Å². The number of rotatable bonds is 4. The van der Waals surface area contributed by atoms with Crippen LogP contribution in [0, 0.1) is 10.1 Å². The van der Waals surface area contributed by atoms with E-state index < -0.39 is 10.8 Å². The monoisotopic (exact) mass is 342 g/mol. The number of nitro benzene ring substituents is 1. The molecule has 0 unspecified atom stereocenters. The fourth-order valence-electron chi connectivity index (χ4n) is 2.26. The highest BCUT2D eigenvalue weighted by molar-refractivity contribution is 6.03. The number of aliphatic hydroxyl groups is 1. The molecule has 1 aliphatic rings. The molecule has 128 valence electrons.